The van der Waals surface area contributed by atoms with E-state index in [1.54, 1.807) is 27.7 Å². The molecular weight excluding hydrogens is 264 g/mol. The van der Waals surface area contributed by atoms with Crippen LogP contribution in [0.25, 0.3) is 0 Å². The summed E-state index contributed by atoms with van der Waals surface area (Å²) in [4.78, 5) is 22.1. The maximum atomic E-state index is 11.6. The molecule has 106 valence electrons. The zero-order valence-corrected chi connectivity index (χ0v) is 11.5. The summed E-state index contributed by atoms with van der Waals surface area (Å²) in [6.07, 6.45) is -1.04. The highest BCUT2D eigenvalue weighted by Crippen LogP contribution is 2.22. The molecule has 1 atom stereocenters. The molecule has 0 bridgehead atoms. The van der Waals surface area contributed by atoms with E-state index < -0.39 is 39.3 Å². The molecule has 0 aromatic heterocycles. The second-order valence-electron chi connectivity index (χ2n) is 4.78. The molecule has 0 saturated heterocycles. The molecule has 0 rings (SSSR count). The molecule has 0 spiro atoms. The zero-order valence-electron chi connectivity index (χ0n) is 10.7. The number of ether oxygens (including phenoxy) is 1. The van der Waals surface area contributed by atoms with Crippen molar-refractivity contribution in [1.82, 2.24) is 0 Å². The maximum absolute atomic E-state index is 11.6. The van der Waals surface area contributed by atoms with Crippen LogP contribution < -0.4 is 0 Å². The maximum Gasteiger partial charge on any atom is 0.327 e. The van der Waals surface area contributed by atoms with Gasteiger partial charge in [0.2, 0.25) is 0 Å². The fraction of sp³-hybridized carbons (Fsp3) is 0.800. The molecule has 0 fully saturated rings. The Kier molecular flexibility index (Phi) is 5.30. The number of carboxylic acid groups (broad SMARTS) is 1. The second kappa shape index (κ2) is 5.66. The number of carboxylic acids is 1. The van der Waals surface area contributed by atoms with Gasteiger partial charge in [-0.15, -0.1) is 0 Å². The number of carbonyl (C=O) groups is 2. The van der Waals surface area contributed by atoms with Crippen LogP contribution in [-0.2, 0) is 24.4 Å². The van der Waals surface area contributed by atoms with E-state index in [-0.39, 0.29) is 5.92 Å². The number of hydrogen-bond donors (Lipinski definition) is 2. The van der Waals surface area contributed by atoms with Crippen LogP contribution in [0.5, 0.6) is 0 Å². The van der Waals surface area contributed by atoms with Crippen LogP contribution in [0.15, 0.2) is 0 Å². The van der Waals surface area contributed by atoms with Gasteiger partial charge in [0.05, 0.1) is 6.42 Å². The Morgan fingerprint density at radius 2 is 1.72 bits per heavy atom. The second-order valence-corrected chi connectivity index (χ2v) is 6.38. The average Bonchev–Trinajstić information content (AvgIpc) is 2.10. The summed E-state index contributed by atoms with van der Waals surface area (Å²) in [6.45, 7) is 6.65. The third-order valence-corrected chi connectivity index (χ3v) is 3.81. The Bertz CT molecular complexity index is 422. The first-order chi connectivity index (χ1) is 7.88. The van der Waals surface area contributed by atoms with Crippen LogP contribution in [0.1, 0.15) is 34.1 Å². The van der Waals surface area contributed by atoms with E-state index in [2.05, 4.69) is 0 Å². The highest BCUT2D eigenvalue weighted by molar-refractivity contribution is 7.87. The molecule has 8 heteroatoms. The average molecular weight is 282 g/mol. The molecule has 0 aliphatic heterocycles. The predicted molar refractivity (Wildman–Crippen MR) is 62.6 cm³/mol. The normalized spacial score (nSPS) is 14.3. The molecule has 7 nitrogen and oxygen atoms in total. The Balaban J connectivity index is 5.07. The Hall–Kier alpha value is -1.15. The van der Waals surface area contributed by atoms with Crippen LogP contribution in [0.2, 0.25) is 0 Å². The molecule has 0 aliphatic rings. The summed E-state index contributed by atoms with van der Waals surface area (Å²) in [7, 11) is -4.81. The zero-order chi connectivity index (χ0) is 14.7. The monoisotopic (exact) mass is 282 g/mol. The van der Waals surface area contributed by atoms with Crippen molar-refractivity contribution in [2.24, 2.45) is 5.92 Å². The lowest BCUT2D eigenvalue weighted by molar-refractivity contribution is -0.161. The van der Waals surface area contributed by atoms with Gasteiger partial charge in [-0.05, 0) is 19.8 Å². The van der Waals surface area contributed by atoms with E-state index in [0.29, 0.717) is 0 Å². The summed E-state index contributed by atoms with van der Waals surface area (Å²) in [6, 6.07) is 0. The summed E-state index contributed by atoms with van der Waals surface area (Å²) < 4.78 is 35.7. The van der Waals surface area contributed by atoms with Crippen molar-refractivity contribution < 1.29 is 32.4 Å². The molecule has 0 saturated carbocycles. The van der Waals surface area contributed by atoms with Crippen molar-refractivity contribution in [3.8, 4) is 0 Å². The molecule has 2 N–H and O–H groups in total. The van der Waals surface area contributed by atoms with E-state index in [0.717, 1.165) is 0 Å². The van der Waals surface area contributed by atoms with Crippen LogP contribution in [0.3, 0.4) is 0 Å². The molecule has 0 aliphatic carbocycles. The van der Waals surface area contributed by atoms with E-state index >= 15 is 0 Å². The van der Waals surface area contributed by atoms with Crippen molar-refractivity contribution in [2.75, 3.05) is 0 Å². The molecule has 0 aromatic carbocycles. The number of aliphatic carboxylic acids is 1. The minimum Gasteiger partial charge on any atom is -0.481 e. The van der Waals surface area contributed by atoms with Crippen LogP contribution in [0.4, 0.5) is 0 Å². The lowest BCUT2D eigenvalue weighted by Gasteiger charge is -2.30. The van der Waals surface area contributed by atoms with Crippen molar-refractivity contribution in [2.45, 2.75) is 45.0 Å². The van der Waals surface area contributed by atoms with Gasteiger partial charge in [-0.25, -0.2) is 0 Å². The largest absolute Gasteiger partial charge is 0.481 e. The third-order valence-electron chi connectivity index (χ3n) is 2.74. The minimum atomic E-state index is -4.81. The van der Waals surface area contributed by atoms with Crippen LogP contribution in [-0.4, -0.2) is 40.9 Å². The number of carbonyl (C=O) groups excluding carboxylic acids is 1. The predicted octanol–water partition coefficient (Wildman–Crippen LogP) is 0.695. The first-order valence-electron chi connectivity index (χ1n) is 5.29. The highest BCUT2D eigenvalue weighted by atomic mass is 32.2. The van der Waals surface area contributed by atoms with Gasteiger partial charge >= 0.3 is 11.9 Å². The smallest absolute Gasteiger partial charge is 0.327 e. The molecule has 0 aromatic rings. The van der Waals surface area contributed by atoms with E-state index in [1.807, 2.05) is 0 Å². The molecule has 1 unspecified atom stereocenters. The molecule has 0 amide bonds. The van der Waals surface area contributed by atoms with E-state index in [9.17, 15) is 18.0 Å². The molecule has 18 heavy (non-hydrogen) atoms. The fourth-order valence-corrected chi connectivity index (χ4v) is 1.56. The first-order valence-corrected chi connectivity index (χ1v) is 6.79. The topological polar surface area (TPSA) is 118 Å². The first kappa shape index (κ1) is 16.9. The van der Waals surface area contributed by atoms with Crippen molar-refractivity contribution in [3.63, 3.8) is 0 Å². The summed E-state index contributed by atoms with van der Waals surface area (Å²) in [5, 5.41) is 6.42. The molecule has 0 radical (unpaired) electrons. The van der Waals surface area contributed by atoms with Gasteiger partial charge in [-0.3, -0.25) is 14.1 Å². The van der Waals surface area contributed by atoms with Gasteiger partial charge in [-0.1, -0.05) is 13.8 Å². The fourth-order valence-electron chi connectivity index (χ4n) is 0.912. The third kappa shape index (κ3) is 5.01. The van der Waals surface area contributed by atoms with Gasteiger partial charge in [-0.2, -0.15) is 8.42 Å². The Morgan fingerprint density at radius 3 is 2.00 bits per heavy atom. The molecular formula is C10H18O7S. The lowest BCUT2D eigenvalue weighted by Crippen LogP contribution is -2.41. The lowest BCUT2D eigenvalue weighted by atomic mass is 9.94. The SMILES string of the molecule is CC(C)C(C)(C)OC(=O)C(CC(=O)O)S(=O)(=O)O. The van der Waals surface area contributed by atoms with Gasteiger partial charge in [0.15, 0.2) is 5.25 Å². The van der Waals surface area contributed by atoms with Crippen molar-refractivity contribution >= 4 is 22.1 Å². The Labute approximate surface area is 106 Å². The van der Waals surface area contributed by atoms with Gasteiger partial charge in [0.1, 0.15) is 5.60 Å². The summed E-state index contributed by atoms with van der Waals surface area (Å²) in [5.74, 6) is -2.89. The standard InChI is InChI=1S/C10H18O7S/c1-6(2)10(3,4)17-9(13)7(5-8(11)12)18(14,15)16/h6-7H,5H2,1-4H3,(H,11,12)(H,14,15,16). The summed E-state index contributed by atoms with van der Waals surface area (Å²) >= 11 is 0. The number of rotatable bonds is 6. The quantitative estimate of drug-likeness (QED) is 0.543. The Morgan fingerprint density at radius 1 is 1.28 bits per heavy atom. The number of hydrogen-bond acceptors (Lipinski definition) is 5. The van der Waals surface area contributed by atoms with Gasteiger partial charge < -0.3 is 9.84 Å². The van der Waals surface area contributed by atoms with Gasteiger partial charge in [0.25, 0.3) is 10.1 Å². The van der Waals surface area contributed by atoms with Crippen molar-refractivity contribution in [3.05, 3.63) is 0 Å². The highest BCUT2D eigenvalue weighted by Gasteiger charge is 2.38. The van der Waals surface area contributed by atoms with E-state index in [1.165, 1.54) is 0 Å². The number of esters is 1. The summed E-state index contributed by atoms with van der Waals surface area (Å²) in [5.41, 5.74) is -0.960. The van der Waals surface area contributed by atoms with E-state index in [4.69, 9.17) is 14.4 Å². The molecule has 0 heterocycles. The minimum absolute atomic E-state index is 0.103. The van der Waals surface area contributed by atoms with Crippen LogP contribution in [0, 0.1) is 5.92 Å². The van der Waals surface area contributed by atoms with Crippen LogP contribution >= 0.6 is 0 Å². The van der Waals surface area contributed by atoms with Crippen molar-refractivity contribution in [1.29, 1.82) is 0 Å². The van der Waals surface area contributed by atoms with Gasteiger partial charge in [0, 0.05) is 0 Å².